The zero-order chi connectivity index (χ0) is 17.7. The van der Waals surface area contributed by atoms with Gasteiger partial charge in [0.1, 0.15) is 0 Å². The van der Waals surface area contributed by atoms with Crippen LogP contribution >= 0.6 is 0 Å². The average molecular weight is 337 g/mol. The lowest BCUT2D eigenvalue weighted by Crippen LogP contribution is -2.54. The van der Waals surface area contributed by atoms with Gasteiger partial charge in [0.25, 0.3) is 0 Å². The highest BCUT2D eigenvalue weighted by Gasteiger charge is 2.30. The largest absolute Gasteiger partial charge is 0.347 e. The van der Waals surface area contributed by atoms with Crippen LogP contribution < -0.4 is 5.32 Å². The van der Waals surface area contributed by atoms with Gasteiger partial charge in [-0.2, -0.15) is 0 Å². The maximum Gasteiger partial charge on any atom is 0.242 e. The summed E-state index contributed by atoms with van der Waals surface area (Å²) in [5.74, 6) is 0.259. The summed E-state index contributed by atoms with van der Waals surface area (Å²) in [7, 11) is 0. The van der Waals surface area contributed by atoms with Crippen molar-refractivity contribution < 1.29 is 14.4 Å². The fourth-order valence-electron chi connectivity index (χ4n) is 3.32. The number of piperazine rings is 1. The summed E-state index contributed by atoms with van der Waals surface area (Å²) in [5, 5.41) is 2.69. The number of rotatable bonds is 3. The molecule has 0 aromatic heterocycles. The number of carbonyl (C=O) groups excluding carboxylic acids is 3. The van der Waals surface area contributed by atoms with E-state index in [4.69, 9.17) is 0 Å². The van der Waals surface area contributed by atoms with Crippen molar-refractivity contribution in [2.24, 2.45) is 11.3 Å². The Morgan fingerprint density at radius 3 is 2.00 bits per heavy atom. The van der Waals surface area contributed by atoms with E-state index in [0.717, 1.165) is 25.7 Å². The molecule has 6 heteroatoms. The number of nitrogens with zero attached hydrogens (tertiary/aromatic N) is 2. The van der Waals surface area contributed by atoms with E-state index < -0.39 is 5.41 Å². The first kappa shape index (κ1) is 18.7. The van der Waals surface area contributed by atoms with Crippen molar-refractivity contribution in [1.29, 1.82) is 0 Å². The smallest absolute Gasteiger partial charge is 0.242 e. The first-order valence-corrected chi connectivity index (χ1v) is 9.14. The van der Waals surface area contributed by atoms with Gasteiger partial charge < -0.3 is 15.1 Å². The Morgan fingerprint density at radius 2 is 1.46 bits per heavy atom. The molecular formula is C18H31N3O3. The summed E-state index contributed by atoms with van der Waals surface area (Å²) in [6.07, 6.45) is 5.57. The van der Waals surface area contributed by atoms with Crippen LogP contribution in [0.1, 0.15) is 52.9 Å². The second-order valence-corrected chi connectivity index (χ2v) is 7.97. The summed E-state index contributed by atoms with van der Waals surface area (Å²) in [5.41, 5.74) is -0.495. The zero-order valence-electron chi connectivity index (χ0n) is 15.3. The Hall–Kier alpha value is -1.59. The molecule has 0 unspecified atom stereocenters. The SMILES string of the molecule is CC(C)(C)C(=O)NCC(=O)N1CCN(C(=O)C2CCCCC2)CC1. The maximum atomic E-state index is 12.5. The van der Waals surface area contributed by atoms with Gasteiger partial charge in [-0.3, -0.25) is 14.4 Å². The second-order valence-electron chi connectivity index (χ2n) is 7.97. The van der Waals surface area contributed by atoms with Crippen LogP contribution in [0.25, 0.3) is 0 Å². The molecule has 2 rings (SSSR count). The molecule has 1 N–H and O–H groups in total. The summed E-state index contributed by atoms with van der Waals surface area (Å²) < 4.78 is 0. The molecule has 0 atom stereocenters. The molecule has 1 saturated heterocycles. The molecule has 0 radical (unpaired) electrons. The monoisotopic (exact) mass is 337 g/mol. The van der Waals surface area contributed by atoms with Crippen LogP contribution in [0.5, 0.6) is 0 Å². The fourth-order valence-corrected chi connectivity index (χ4v) is 3.32. The maximum absolute atomic E-state index is 12.5. The Morgan fingerprint density at radius 1 is 0.917 bits per heavy atom. The van der Waals surface area contributed by atoms with Crippen molar-refractivity contribution in [2.75, 3.05) is 32.7 Å². The van der Waals surface area contributed by atoms with Crippen LogP contribution in [-0.4, -0.2) is 60.2 Å². The Labute approximate surface area is 144 Å². The molecule has 0 bridgehead atoms. The number of hydrogen-bond donors (Lipinski definition) is 1. The zero-order valence-corrected chi connectivity index (χ0v) is 15.3. The van der Waals surface area contributed by atoms with E-state index in [2.05, 4.69) is 5.32 Å². The van der Waals surface area contributed by atoms with Crippen LogP contribution in [0.2, 0.25) is 0 Å². The summed E-state index contributed by atoms with van der Waals surface area (Å²) >= 11 is 0. The average Bonchev–Trinajstić information content (AvgIpc) is 2.58. The first-order chi connectivity index (χ1) is 11.3. The minimum absolute atomic E-state index is 0.0344. The number of nitrogens with one attached hydrogen (secondary N) is 1. The van der Waals surface area contributed by atoms with E-state index in [1.54, 1.807) is 4.90 Å². The fraction of sp³-hybridized carbons (Fsp3) is 0.833. The Balaban J connectivity index is 1.74. The lowest BCUT2D eigenvalue weighted by Gasteiger charge is -2.37. The van der Waals surface area contributed by atoms with E-state index in [1.807, 2.05) is 25.7 Å². The van der Waals surface area contributed by atoms with Gasteiger partial charge >= 0.3 is 0 Å². The van der Waals surface area contributed by atoms with Crippen LogP contribution in [0.3, 0.4) is 0 Å². The van der Waals surface area contributed by atoms with Crippen molar-refractivity contribution in [3.05, 3.63) is 0 Å². The molecule has 1 saturated carbocycles. The molecule has 6 nitrogen and oxygen atoms in total. The van der Waals surface area contributed by atoms with E-state index in [9.17, 15) is 14.4 Å². The van der Waals surface area contributed by atoms with E-state index >= 15 is 0 Å². The first-order valence-electron chi connectivity index (χ1n) is 9.14. The minimum atomic E-state index is -0.495. The quantitative estimate of drug-likeness (QED) is 0.846. The van der Waals surface area contributed by atoms with Crippen LogP contribution in [0, 0.1) is 11.3 Å². The molecule has 136 valence electrons. The number of amides is 3. The highest BCUT2D eigenvalue weighted by Crippen LogP contribution is 2.25. The third-order valence-electron chi connectivity index (χ3n) is 4.98. The van der Waals surface area contributed by atoms with Gasteiger partial charge in [0.15, 0.2) is 0 Å². The van der Waals surface area contributed by atoms with E-state index in [-0.39, 0.29) is 30.2 Å². The number of hydrogen-bond acceptors (Lipinski definition) is 3. The predicted octanol–water partition coefficient (Wildman–Crippen LogP) is 1.40. The minimum Gasteiger partial charge on any atom is -0.347 e. The topological polar surface area (TPSA) is 69.7 Å². The van der Waals surface area contributed by atoms with Crippen molar-refractivity contribution in [1.82, 2.24) is 15.1 Å². The van der Waals surface area contributed by atoms with Gasteiger partial charge in [0.2, 0.25) is 17.7 Å². The summed E-state index contributed by atoms with van der Waals surface area (Å²) in [6, 6.07) is 0. The molecule has 2 aliphatic rings. The highest BCUT2D eigenvalue weighted by molar-refractivity contribution is 5.87. The van der Waals surface area contributed by atoms with Crippen LogP contribution in [0.4, 0.5) is 0 Å². The summed E-state index contributed by atoms with van der Waals surface area (Å²) in [6.45, 7) is 7.83. The highest BCUT2D eigenvalue weighted by atomic mass is 16.2. The Kier molecular flexibility index (Phi) is 6.24. The van der Waals surface area contributed by atoms with Gasteiger partial charge in [0.05, 0.1) is 6.54 Å². The molecule has 1 heterocycles. The molecule has 0 aromatic carbocycles. The second kappa shape index (κ2) is 7.99. The van der Waals surface area contributed by atoms with Gasteiger partial charge in [0, 0.05) is 37.5 Å². The van der Waals surface area contributed by atoms with E-state index in [0.29, 0.717) is 26.2 Å². The van der Waals surface area contributed by atoms with Crippen molar-refractivity contribution in [2.45, 2.75) is 52.9 Å². The standard InChI is InChI=1S/C18H31N3O3/c1-18(2,3)17(24)19-13-15(22)20-9-11-21(12-10-20)16(23)14-7-5-4-6-8-14/h14H,4-13H2,1-3H3,(H,19,24). The molecule has 1 aliphatic heterocycles. The molecule has 24 heavy (non-hydrogen) atoms. The van der Waals surface area contributed by atoms with Crippen molar-refractivity contribution in [3.8, 4) is 0 Å². The van der Waals surface area contributed by atoms with Crippen LogP contribution in [-0.2, 0) is 14.4 Å². The van der Waals surface area contributed by atoms with Crippen LogP contribution in [0.15, 0.2) is 0 Å². The predicted molar refractivity (Wildman–Crippen MR) is 92.2 cm³/mol. The van der Waals surface area contributed by atoms with Crippen molar-refractivity contribution in [3.63, 3.8) is 0 Å². The lowest BCUT2D eigenvalue weighted by molar-refractivity contribution is -0.143. The summed E-state index contributed by atoms with van der Waals surface area (Å²) in [4.78, 5) is 40.2. The van der Waals surface area contributed by atoms with E-state index in [1.165, 1.54) is 6.42 Å². The molecular weight excluding hydrogens is 306 g/mol. The van der Waals surface area contributed by atoms with Gasteiger partial charge in [-0.05, 0) is 12.8 Å². The molecule has 0 spiro atoms. The molecule has 2 fully saturated rings. The third kappa shape index (κ3) is 4.95. The normalized spacial score (nSPS) is 20.0. The van der Waals surface area contributed by atoms with Gasteiger partial charge in [-0.25, -0.2) is 0 Å². The lowest BCUT2D eigenvalue weighted by atomic mass is 9.88. The van der Waals surface area contributed by atoms with Gasteiger partial charge in [-0.1, -0.05) is 40.0 Å². The molecule has 3 amide bonds. The number of carbonyl (C=O) groups is 3. The van der Waals surface area contributed by atoms with Gasteiger partial charge in [-0.15, -0.1) is 0 Å². The molecule has 0 aromatic rings. The third-order valence-corrected chi connectivity index (χ3v) is 4.98. The molecule has 1 aliphatic carbocycles. The van der Waals surface area contributed by atoms with Crippen molar-refractivity contribution >= 4 is 17.7 Å². The Bertz CT molecular complexity index is 470.